The number of benzene rings is 1. The lowest BCUT2D eigenvalue weighted by Crippen LogP contribution is -2.41. The number of hydrogen-bond acceptors (Lipinski definition) is 4. The maximum Gasteiger partial charge on any atom is 0.203 e. The van der Waals surface area contributed by atoms with E-state index in [4.69, 9.17) is 15.2 Å². The molecule has 0 unspecified atom stereocenters. The second-order valence-electron chi connectivity index (χ2n) is 4.80. The van der Waals surface area contributed by atoms with Crippen LogP contribution in [-0.2, 0) is 5.41 Å². The Labute approximate surface area is 108 Å². The van der Waals surface area contributed by atoms with Crippen LogP contribution in [0.25, 0.3) is 0 Å². The molecule has 0 saturated heterocycles. The molecule has 1 aliphatic rings. The van der Waals surface area contributed by atoms with Gasteiger partial charge in [-0.05, 0) is 37.5 Å². The molecule has 0 amide bonds. The first-order valence-corrected chi connectivity index (χ1v) is 6.41. The van der Waals surface area contributed by atoms with Crippen molar-refractivity contribution in [2.45, 2.75) is 31.6 Å². The minimum absolute atomic E-state index is 0.00953. The summed E-state index contributed by atoms with van der Waals surface area (Å²) >= 11 is 0. The lowest BCUT2D eigenvalue weighted by atomic mass is 9.64. The summed E-state index contributed by atoms with van der Waals surface area (Å²) < 4.78 is 10.7. The molecule has 4 heteroatoms. The van der Waals surface area contributed by atoms with E-state index in [2.05, 4.69) is 0 Å². The fourth-order valence-corrected chi connectivity index (χ4v) is 2.58. The molecule has 1 saturated carbocycles. The quantitative estimate of drug-likeness (QED) is 0.842. The average Bonchev–Trinajstić information content (AvgIpc) is 2.28. The Morgan fingerprint density at radius 1 is 1.39 bits per heavy atom. The van der Waals surface area contributed by atoms with Gasteiger partial charge in [-0.25, -0.2) is 0 Å². The van der Waals surface area contributed by atoms with E-state index in [0.717, 1.165) is 18.4 Å². The van der Waals surface area contributed by atoms with Crippen molar-refractivity contribution in [3.05, 3.63) is 17.7 Å². The second-order valence-corrected chi connectivity index (χ2v) is 4.80. The molecule has 0 radical (unpaired) electrons. The van der Waals surface area contributed by atoms with Gasteiger partial charge >= 0.3 is 0 Å². The van der Waals surface area contributed by atoms with Gasteiger partial charge in [0, 0.05) is 12.0 Å². The summed E-state index contributed by atoms with van der Waals surface area (Å²) in [6, 6.07) is 3.71. The van der Waals surface area contributed by atoms with Gasteiger partial charge < -0.3 is 20.3 Å². The van der Waals surface area contributed by atoms with Crippen molar-refractivity contribution >= 4 is 0 Å². The van der Waals surface area contributed by atoms with Gasteiger partial charge in [-0.2, -0.15) is 0 Å². The number of nitrogens with two attached hydrogens (primary N) is 1. The highest BCUT2D eigenvalue weighted by molar-refractivity contribution is 5.55. The van der Waals surface area contributed by atoms with E-state index in [1.54, 1.807) is 6.07 Å². The molecule has 100 valence electrons. The zero-order valence-electron chi connectivity index (χ0n) is 11.0. The number of rotatable bonds is 5. The summed E-state index contributed by atoms with van der Waals surface area (Å²) in [7, 11) is 1.53. The van der Waals surface area contributed by atoms with Crippen LogP contribution in [0.5, 0.6) is 17.2 Å². The first-order valence-electron chi connectivity index (χ1n) is 6.41. The Morgan fingerprint density at radius 3 is 2.56 bits per heavy atom. The summed E-state index contributed by atoms with van der Waals surface area (Å²) in [5.41, 5.74) is 6.96. The molecular weight excluding hydrogens is 230 g/mol. The Hall–Kier alpha value is -1.42. The first-order chi connectivity index (χ1) is 8.66. The standard InChI is InChI=1S/C14H21NO3/c1-3-18-12-8-10(7-11(16)13(12)17-2)14(9-15)5-4-6-14/h7-8,16H,3-6,9,15H2,1-2H3. The van der Waals surface area contributed by atoms with Crippen LogP contribution in [0.1, 0.15) is 31.7 Å². The number of aromatic hydroxyl groups is 1. The fourth-order valence-electron chi connectivity index (χ4n) is 2.58. The molecule has 0 spiro atoms. The van der Waals surface area contributed by atoms with Gasteiger partial charge in [-0.3, -0.25) is 0 Å². The van der Waals surface area contributed by atoms with Crippen molar-refractivity contribution in [2.75, 3.05) is 20.3 Å². The minimum Gasteiger partial charge on any atom is -0.504 e. The lowest BCUT2D eigenvalue weighted by molar-refractivity contribution is 0.248. The molecule has 3 N–H and O–H groups in total. The number of methoxy groups -OCH3 is 1. The van der Waals surface area contributed by atoms with Crippen LogP contribution in [0.3, 0.4) is 0 Å². The van der Waals surface area contributed by atoms with Crippen LogP contribution in [0, 0.1) is 0 Å². The summed E-state index contributed by atoms with van der Waals surface area (Å²) in [6.45, 7) is 3.05. The molecule has 1 fully saturated rings. The Morgan fingerprint density at radius 2 is 2.11 bits per heavy atom. The summed E-state index contributed by atoms with van der Waals surface area (Å²) in [5, 5.41) is 10.0. The molecule has 18 heavy (non-hydrogen) atoms. The predicted octanol–water partition coefficient (Wildman–Crippen LogP) is 2.18. The molecule has 0 aromatic heterocycles. The van der Waals surface area contributed by atoms with E-state index in [-0.39, 0.29) is 11.2 Å². The summed E-state index contributed by atoms with van der Waals surface area (Å²) in [5.74, 6) is 1.11. The van der Waals surface area contributed by atoms with Gasteiger partial charge in [0.1, 0.15) is 0 Å². The smallest absolute Gasteiger partial charge is 0.203 e. The third-order valence-corrected chi connectivity index (χ3v) is 3.85. The van der Waals surface area contributed by atoms with Crippen molar-refractivity contribution in [2.24, 2.45) is 5.73 Å². The van der Waals surface area contributed by atoms with E-state index < -0.39 is 0 Å². The largest absolute Gasteiger partial charge is 0.504 e. The molecule has 0 atom stereocenters. The van der Waals surface area contributed by atoms with E-state index in [1.165, 1.54) is 13.5 Å². The zero-order valence-corrected chi connectivity index (χ0v) is 11.0. The third-order valence-electron chi connectivity index (χ3n) is 3.85. The van der Waals surface area contributed by atoms with Crippen molar-refractivity contribution in [3.63, 3.8) is 0 Å². The highest BCUT2D eigenvalue weighted by atomic mass is 16.5. The Kier molecular flexibility index (Phi) is 3.66. The van der Waals surface area contributed by atoms with Crippen LogP contribution in [0.4, 0.5) is 0 Å². The number of phenols is 1. The van der Waals surface area contributed by atoms with E-state index in [0.29, 0.717) is 24.7 Å². The maximum atomic E-state index is 10.0. The van der Waals surface area contributed by atoms with Crippen LogP contribution in [0.2, 0.25) is 0 Å². The van der Waals surface area contributed by atoms with E-state index in [1.807, 2.05) is 13.0 Å². The molecule has 2 rings (SSSR count). The molecule has 1 aliphatic carbocycles. The van der Waals surface area contributed by atoms with Crippen LogP contribution in [0.15, 0.2) is 12.1 Å². The van der Waals surface area contributed by atoms with Gasteiger partial charge in [0.05, 0.1) is 13.7 Å². The van der Waals surface area contributed by atoms with Crippen LogP contribution in [-0.4, -0.2) is 25.4 Å². The van der Waals surface area contributed by atoms with Crippen LogP contribution >= 0.6 is 0 Å². The van der Waals surface area contributed by atoms with Gasteiger partial charge in [-0.15, -0.1) is 0 Å². The lowest BCUT2D eigenvalue weighted by Gasteiger charge is -2.41. The molecule has 0 bridgehead atoms. The van der Waals surface area contributed by atoms with Gasteiger partial charge in [0.2, 0.25) is 5.75 Å². The predicted molar refractivity (Wildman–Crippen MR) is 70.4 cm³/mol. The number of phenolic OH excluding ortho intramolecular Hbond substituents is 1. The zero-order chi connectivity index (χ0) is 13.2. The molecule has 0 heterocycles. The monoisotopic (exact) mass is 251 g/mol. The average molecular weight is 251 g/mol. The molecular formula is C14H21NO3. The van der Waals surface area contributed by atoms with Crippen molar-refractivity contribution < 1.29 is 14.6 Å². The number of hydrogen-bond donors (Lipinski definition) is 2. The molecule has 1 aromatic rings. The topological polar surface area (TPSA) is 64.7 Å². The third kappa shape index (κ3) is 2.01. The highest BCUT2D eigenvalue weighted by Gasteiger charge is 2.38. The van der Waals surface area contributed by atoms with Gasteiger partial charge in [0.25, 0.3) is 0 Å². The fraction of sp³-hybridized carbons (Fsp3) is 0.571. The van der Waals surface area contributed by atoms with Crippen molar-refractivity contribution in [1.29, 1.82) is 0 Å². The van der Waals surface area contributed by atoms with E-state index in [9.17, 15) is 5.11 Å². The van der Waals surface area contributed by atoms with Gasteiger partial charge in [-0.1, -0.05) is 6.42 Å². The summed E-state index contributed by atoms with van der Waals surface area (Å²) in [4.78, 5) is 0. The van der Waals surface area contributed by atoms with Crippen molar-refractivity contribution in [3.8, 4) is 17.2 Å². The first kappa shape index (κ1) is 13.0. The molecule has 0 aliphatic heterocycles. The molecule has 4 nitrogen and oxygen atoms in total. The minimum atomic E-state index is 0.00953. The Balaban J connectivity index is 2.43. The SMILES string of the molecule is CCOc1cc(C2(CN)CCC2)cc(O)c1OC. The Bertz CT molecular complexity index is 422. The normalized spacial score (nSPS) is 17.1. The molecule has 1 aromatic carbocycles. The summed E-state index contributed by atoms with van der Waals surface area (Å²) in [6.07, 6.45) is 3.33. The maximum absolute atomic E-state index is 10.0. The van der Waals surface area contributed by atoms with Crippen molar-refractivity contribution in [1.82, 2.24) is 0 Å². The van der Waals surface area contributed by atoms with Crippen LogP contribution < -0.4 is 15.2 Å². The highest BCUT2D eigenvalue weighted by Crippen LogP contribution is 2.47. The second kappa shape index (κ2) is 5.06. The van der Waals surface area contributed by atoms with E-state index >= 15 is 0 Å². The number of ether oxygens (including phenoxy) is 2. The van der Waals surface area contributed by atoms with Gasteiger partial charge in [0.15, 0.2) is 11.5 Å².